The molecule has 8 heteroatoms. The number of carbonyl (C=O) groups is 1. The molecule has 0 radical (unpaired) electrons. The Morgan fingerprint density at radius 1 is 1.27 bits per heavy atom. The number of rotatable bonds is 2. The number of hydrogen-bond donors (Lipinski definition) is 1. The fraction of sp³-hybridized carbons (Fsp3) is 0.222. The van der Waals surface area contributed by atoms with Gasteiger partial charge in [0, 0.05) is 18.1 Å². The van der Waals surface area contributed by atoms with Crippen LogP contribution in [-0.2, 0) is 11.3 Å². The van der Waals surface area contributed by atoms with Gasteiger partial charge in [0.15, 0.2) is 0 Å². The predicted molar refractivity (Wildman–Crippen MR) is 104 cm³/mol. The van der Waals surface area contributed by atoms with E-state index < -0.39 is 5.97 Å². The minimum absolute atomic E-state index is 0.421. The zero-order valence-corrected chi connectivity index (χ0v) is 15.7. The van der Waals surface area contributed by atoms with E-state index in [-0.39, 0.29) is 0 Å². The summed E-state index contributed by atoms with van der Waals surface area (Å²) >= 11 is 12.4. The van der Waals surface area contributed by atoms with Crippen molar-refractivity contribution in [2.45, 2.75) is 13.5 Å². The van der Waals surface area contributed by atoms with Crippen molar-refractivity contribution in [3.63, 3.8) is 0 Å². The number of nitrogens with zero attached hydrogens (tertiary/aromatic N) is 3. The first-order valence-corrected chi connectivity index (χ1v) is 8.78. The van der Waals surface area contributed by atoms with Crippen LogP contribution in [0, 0.1) is 6.92 Å². The average Bonchev–Trinajstić information content (AvgIpc) is 3.15. The molecule has 134 valence electrons. The van der Waals surface area contributed by atoms with Crippen molar-refractivity contribution in [1.82, 2.24) is 9.55 Å². The molecular formula is C18H16Cl2N4O2. The van der Waals surface area contributed by atoms with Crippen LogP contribution in [0.3, 0.4) is 0 Å². The maximum absolute atomic E-state index is 12.2. The number of hydrogen-bond acceptors (Lipinski definition) is 5. The fourth-order valence-electron chi connectivity index (χ4n) is 3.53. The Hall–Kier alpha value is -2.44. The number of nitrogens with two attached hydrogens (primary N) is 1. The summed E-state index contributed by atoms with van der Waals surface area (Å²) in [5.41, 5.74) is 10.3. The van der Waals surface area contributed by atoms with Crippen molar-refractivity contribution in [3.8, 4) is 0 Å². The van der Waals surface area contributed by atoms with E-state index in [1.54, 1.807) is 18.2 Å². The van der Waals surface area contributed by atoms with Crippen LogP contribution in [0.5, 0.6) is 0 Å². The normalized spacial score (nSPS) is 13.3. The third-order valence-corrected chi connectivity index (χ3v) is 5.11. The van der Waals surface area contributed by atoms with Gasteiger partial charge in [0.05, 0.1) is 34.6 Å². The van der Waals surface area contributed by atoms with Gasteiger partial charge in [-0.05, 0) is 36.8 Å². The molecule has 0 amide bonds. The topological polar surface area (TPSA) is 73.4 Å². The molecule has 0 fully saturated rings. The summed E-state index contributed by atoms with van der Waals surface area (Å²) in [5, 5.41) is 1.07. The largest absolute Gasteiger partial charge is 0.465 e. The van der Waals surface area contributed by atoms with Gasteiger partial charge in [-0.2, -0.15) is 0 Å². The molecule has 2 aromatic carbocycles. The first kappa shape index (κ1) is 17.0. The Kier molecular flexibility index (Phi) is 3.97. The summed E-state index contributed by atoms with van der Waals surface area (Å²) in [6.45, 7) is 3.28. The number of benzene rings is 2. The van der Waals surface area contributed by atoms with Gasteiger partial charge in [-0.1, -0.05) is 23.2 Å². The summed E-state index contributed by atoms with van der Waals surface area (Å²) in [7, 11) is 1.36. The number of methoxy groups -OCH3 is 1. The Bertz CT molecular complexity index is 1040. The van der Waals surface area contributed by atoms with Crippen molar-refractivity contribution >= 4 is 57.5 Å². The smallest absolute Gasteiger partial charge is 0.340 e. The van der Waals surface area contributed by atoms with Crippen molar-refractivity contribution in [2.24, 2.45) is 0 Å². The molecule has 1 aromatic heterocycles. The second-order valence-corrected chi connectivity index (χ2v) is 7.00. The standard InChI is InChI=1S/C18H16Cl2N4O2/c1-9-7-10(19)8-13(21)15(9)23-5-6-24-16-11(17(25)26-2)3-4-12(20)14(16)22-18(23)24/h3-4,7-8H,5-6,21H2,1-2H3. The average molecular weight is 391 g/mol. The molecule has 0 spiro atoms. The summed E-state index contributed by atoms with van der Waals surface area (Å²) in [6, 6.07) is 6.91. The molecule has 2 heterocycles. The molecule has 1 aliphatic heterocycles. The first-order valence-electron chi connectivity index (χ1n) is 8.02. The fourth-order valence-corrected chi connectivity index (χ4v) is 4.01. The molecule has 26 heavy (non-hydrogen) atoms. The lowest BCUT2D eigenvalue weighted by Gasteiger charge is -2.21. The summed E-state index contributed by atoms with van der Waals surface area (Å²) in [6.07, 6.45) is 0. The molecule has 6 nitrogen and oxygen atoms in total. The van der Waals surface area contributed by atoms with Gasteiger partial charge in [0.2, 0.25) is 5.95 Å². The summed E-state index contributed by atoms with van der Waals surface area (Å²) < 4.78 is 6.88. The van der Waals surface area contributed by atoms with Crippen molar-refractivity contribution < 1.29 is 9.53 Å². The maximum atomic E-state index is 12.2. The first-order chi connectivity index (χ1) is 12.4. The highest BCUT2D eigenvalue weighted by Crippen LogP contribution is 2.41. The molecule has 4 rings (SSSR count). The van der Waals surface area contributed by atoms with Crippen LogP contribution in [0.1, 0.15) is 15.9 Å². The van der Waals surface area contributed by atoms with Gasteiger partial charge in [0.25, 0.3) is 0 Å². The second kappa shape index (κ2) is 6.07. The van der Waals surface area contributed by atoms with Crippen LogP contribution in [-0.4, -0.2) is 29.2 Å². The lowest BCUT2D eigenvalue weighted by Crippen LogP contribution is -2.17. The molecular weight excluding hydrogens is 375 g/mol. The van der Waals surface area contributed by atoms with E-state index in [4.69, 9.17) is 38.7 Å². The van der Waals surface area contributed by atoms with Crippen molar-refractivity contribution in [3.05, 3.63) is 45.4 Å². The number of carbonyl (C=O) groups excluding carboxylic acids is 1. The van der Waals surface area contributed by atoms with E-state index >= 15 is 0 Å². The monoisotopic (exact) mass is 390 g/mol. The number of aromatic nitrogens is 2. The third-order valence-electron chi connectivity index (χ3n) is 4.58. The number of halogens is 2. The SMILES string of the molecule is COC(=O)c1ccc(Cl)c2nc3n(c12)CCN3c1c(C)cc(Cl)cc1N. The molecule has 1 aliphatic rings. The van der Waals surface area contributed by atoms with Crippen LogP contribution in [0.2, 0.25) is 10.0 Å². The molecule has 0 unspecified atom stereocenters. The minimum Gasteiger partial charge on any atom is -0.465 e. The Morgan fingerprint density at radius 2 is 2.04 bits per heavy atom. The van der Waals surface area contributed by atoms with Crippen LogP contribution >= 0.6 is 23.2 Å². The van der Waals surface area contributed by atoms with Crippen LogP contribution in [0.25, 0.3) is 11.0 Å². The number of anilines is 3. The van der Waals surface area contributed by atoms with E-state index in [0.717, 1.165) is 11.3 Å². The van der Waals surface area contributed by atoms with Gasteiger partial charge >= 0.3 is 5.97 Å². The van der Waals surface area contributed by atoms with Gasteiger partial charge < -0.3 is 19.9 Å². The molecule has 3 aromatic rings. The Labute approximate surface area is 160 Å². The van der Waals surface area contributed by atoms with Gasteiger partial charge in [0.1, 0.15) is 5.52 Å². The lowest BCUT2D eigenvalue weighted by molar-refractivity contribution is 0.0602. The van der Waals surface area contributed by atoms with Crippen molar-refractivity contribution in [2.75, 3.05) is 24.3 Å². The molecule has 2 N–H and O–H groups in total. The zero-order chi connectivity index (χ0) is 18.6. The number of ether oxygens (including phenoxy) is 1. The van der Waals surface area contributed by atoms with Crippen molar-refractivity contribution in [1.29, 1.82) is 0 Å². The number of imidazole rings is 1. The summed E-state index contributed by atoms with van der Waals surface area (Å²) in [5.74, 6) is 0.269. The van der Waals surface area contributed by atoms with E-state index in [0.29, 0.717) is 51.4 Å². The predicted octanol–water partition coefficient (Wildman–Crippen LogP) is 4.17. The second-order valence-electron chi connectivity index (χ2n) is 6.16. The van der Waals surface area contributed by atoms with Gasteiger partial charge in [-0.25, -0.2) is 9.78 Å². The third kappa shape index (κ3) is 2.40. The minimum atomic E-state index is -0.421. The Balaban J connectivity index is 1.95. The number of fused-ring (bicyclic) bond motifs is 3. The summed E-state index contributed by atoms with van der Waals surface area (Å²) in [4.78, 5) is 18.9. The van der Waals surface area contributed by atoms with Crippen LogP contribution < -0.4 is 10.6 Å². The van der Waals surface area contributed by atoms with Gasteiger partial charge in [-0.15, -0.1) is 0 Å². The highest BCUT2D eigenvalue weighted by atomic mass is 35.5. The van der Waals surface area contributed by atoms with Crippen LogP contribution in [0.4, 0.5) is 17.3 Å². The van der Waals surface area contributed by atoms with Crippen LogP contribution in [0.15, 0.2) is 24.3 Å². The van der Waals surface area contributed by atoms with E-state index in [2.05, 4.69) is 0 Å². The highest BCUT2D eigenvalue weighted by Gasteiger charge is 2.30. The van der Waals surface area contributed by atoms with E-state index in [9.17, 15) is 4.79 Å². The number of esters is 1. The molecule has 0 saturated carbocycles. The van der Waals surface area contributed by atoms with Gasteiger partial charge in [-0.3, -0.25) is 0 Å². The molecule has 0 saturated heterocycles. The number of nitrogen functional groups attached to an aromatic ring is 1. The van der Waals surface area contributed by atoms with E-state index in [1.165, 1.54) is 7.11 Å². The van der Waals surface area contributed by atoms with E-state index in [1.807, 2.05) is 22.5 Å². The maximum Gasteiger partial charge on any atom is 0.340 e. The lowest BCUT2D eigenvalue weighted by atomic mass is 10.1. The quantitative estimate of drug-likeness (QED) is 0.524. The molecule has 0 bridgehead atoms. The Morgan fingerprint density at radius 3 is 2.73 bits per heavy atom. The molecule has 0 atom stereocenters. The zero-order valence-electron chi connectivity index (χ0n) is 14.2. The number of aryl methyl sites for hydroxylation is 1. The highest BCUT2D eigenvalue weighted by molar-refractivity contribution is 6.35. The molecule has 0 aliphatic carbocycles.